The second kappa shape index (κ2) is 11.0. The zero-order chi connectivity index (χ0) is 21.3. The zero-order valence-electron chi connectivity index (χ0n) is 18.4. The van der Waals surface area contributed by atoms with Crippen molar-refractivity contribution in [1.29, 1.82) is 0 Å². The van der Waals surface area contributed by atoms with Crippen LogP contribution in [0.2, 0.25) is 0 Å². The first-order valence-corrected chi connectivity index (χ1v) is 10.8. The van der Waals surface area contributed by atoms with E-state index >= 15 is 0 Å². The van der Waals surface area contributed by atoms with Crippen LogP contribution in [0.3, 0.4) is 0 Å². The Labute approximate surface area is 179 Å². The van der Waals surface area contributed by atoms with Crippen molar-refractivity contribution >= 4 is 5.91 Å². The summed E-state index contributed by atoms with van der Waals surface area (Å²) in [4.78, 5) is 15.2. The van der Waals surface area contributed by atoms with Gasteiger partial charge >= 0.3 is 0 Å². The average molecular weight is 414 g/mol. The Bertz CT molecular complexity index is 832. The van der Waals surface area contributed by atoms with Crippen molar-refractivity contribution in [3.8, 4) is 11.5 Å². The van der Waals surface area contributed by atoms with Crippen LogP contribution in [-0.2, 0) is 11.3 Å². The number of rotatable bonds is 9. The number of amides is 1. The van der Waals surface area contributed by atoms with Crippen LogP contribution in [0, 0.1) is 13.8 Å². The smallest absolute Gasteiger partial charge is 0.275 e. The third-order valence-electron chi connectivity index (χ3n) is 5.63. The number of nitrogens with one attached hydrogen (secondary N) is 3. The molecule has 1 aliphatic heterocycles. The van der Waals surface area contributed by atoms with E-state index in [1.165, 1.54) is 21.6 Å². The molecule has 6 nitrogen and oxygen atoms in total. The maximum Gasteiger partial charge on any atom is 0.275 e. The van der Waals surface area contributed by atoms with Gasteiger partial charge in [0.2, 0.25) is 0 Å². The van der Waals surface area contributed by atoms with Gasteiger partial charge in [-0.2, -0.15) is 0 Å². The molecule has 30 heavy (non-hydrogen) atoms. The Hall–Kier alpha value is -2.57. The number of carbonyl (C=O) groups is 1. The first kappa shape index (κ1) is 22.1. The molecule has 3 N–H and O–H groups in total. The first-order chi connectivity index (χ1) is 14.5. The minimum absolute atomic E-state index is 0.0987. The summed E-state index contributed by atoms with van der Waals surface area (Å²) in [5.74, 6) is 1.91. The lowest BCUT2D eigenvalue weighted by atomic mass is 10.1. The second-order valence-corrected chi connectivity index (χ2v) is 8.18. The Morgan fingerprint density at radius 2 is 1.73 bits per heavy atom. The fourth-order valence-electron chi connectivity index (χ4n) is 3.98. The maximum atomic E-state index is 12.3. The molecule has 0 radical (unpaired) electrons. The van der Waals surface area contributed by atoms with E-state index in [4.69, 9.17) is 9.47 Å². The second-order valence-electron chi connectivity index (χ2n) is 8.18. The zero-order valence-corrected chi connectivity index (χ0v) is 18.4. The van der Waals surface area contributed by atoms with Crippen LogP contribution < -0.4 is 24.6 Å². The average Bonchev–Trinajstić information content (AvgIpc) is 2.73. The van der Waals surface area contributed by atoms with Gasteiger partial charge in [0.25, 0.3) is 5.91 Å². The summed E-state index contributed by atoms with van der Waals surface area (Å²) in [5.41, 5.74) is 3.70. The molecule has 6 heteroatoms. The number of quaternary nitrogens is 2. The third kappa shape index (κ3) is 6.75. The van der Waals surface area contributed by atoms with Gasteiger partial charge in [-0.1, -0.05) is 23.8 Å². The van der Waals surface area contributed by atoms with Crippen molar-refractivity contribution in [3.05, 3.63) is 59.2 Å². The number of hydrogen-bond acceptors (Lipinski definition) is 3. The fourth-order valence-corrected chi connectivity index (χ4v) is 3.98. The normalized spacial score (nSPS) is 18.6. The lowest BCUT2D eigenvalue weighted by Crippen LogP contribution is -3.28. The molecular weight excluding hydrogens is 378 g/mol. The molecule has 2 aromatic carbocycles. The molecule has 0 spiro atoms. The number of aryl methyl sites for hydroxylation is 2. The SMILES string of the molecule is COc1ccc(C)cc1C[NH+]1CC[NH+](CC(=O)NCCOc2cccc(C)c2)CC1. The molecule has 1 saturated heterocycles. The number of ether oxygens (including phenoxy) is 2. The molecule has 1 heterocycles. The summed E-state index contributed by atoms with van der Waals surface area (Å²) in [6.07, 6.45) is 0. The van der Waals surface area contributed by atoms with Crippen LogP contribution >= 0.6 is 0 Å². The highest BCUT2D eigenvalue weighted by atomic mass is 16.5. The summed E-state index contributed by atoms with van der Waals surface area (Å²) in [6.45, 7) is 10.8. The highest BCUT2D eigenvalue weighted by Gasteiger charge is 2.25. The lowest BCUT2D eigenvalue weighted by molar-refractivity contribution is -1.02. The van der Waals surface area contributed by atoms with Crippen molar-refractivity contribution in [2.75, 3.05) is 53.0 Å². The summed E-state index contributed by atoms with van der Waals surface area (Å²) in [6, 6.07) is 14.3. The largest absolute Gasteiger partial charge is 0.496 e. The van der Waals surface area contributed by atoms with Gasteiger partial charge in [0, 0.05) is 5.56 Å². The molecule has 0 saturated carbocycles. The minimum Gasteiger partial charge on any atom is -0.496 e. The predicted molar refractivity (Wildman–Crippen MR) is 117 cm³/mol. The number of piperazine rings is 1. The summed E-state index contributed by atoms with van der Waals surface area (Å²) in [7, 11) is 1.73. The van der Waals surface area contributed by atoms with E-state index in [-0.39, 0.29) is 5.91 Å². The summed E-state index contributed by atoms with van der Waals surface area (Å²) >= 11 is 0. The Kier molecular flexibility index (Phi) is 8.11. The van der Waals surface area contributed by atoms with Gasteiger partial charge in [0.05, 0.1) is 13.7 Å². The molecule has 1 amide bonds. The van der Waals surface area contributed by atoms with Gasteiger partial charge in [-0.3, -0.25) is 4.79 Å². The van der Waals surface area contributed by atoms with E-state index in [0.29, 0.717) is 19.7 Å². The molecule has 0 bridgehead atoms. The van der Waals surface area contributed by atoms with Crippen LogP contribution in [0.1, 0.15) is 16.7 Å². The van der Waals surface area contributed by atoms with Gasteiger partial charge < -0.3 is 24.6 Å². The molecule has 3 rings (SSSR count). The number of methoxy groups -OCH3 is 1. The molecule has 1 fully saturated rings. The molecule has 0 atom stereocenters. The number of carbonyl (C=O) groups excluding carboxylic acids is 1. The van der Waals surface area contributed by atoms with Crippen LogP contribution in [0.25, 0.3) is 0 Å². The summed E-state index contributed by atoms with van der Waals surface area (Å²) < 4.78 is 11.2. The highest BCUT2D eigenvalue weighted by molar-refractivity contribution is 5.76. The molecule has 0 aromatic heterocycles. The monoisotopic (exact) mass is 413 g/mol. The minimum atomic E-state index is 0.0987. The molecule has 0 aliphatic carbocycles. The van der Waals surface area contributed by atoms with E-state index in [1.807, 2.05) is 31.2 Å². The Morgan fingerprint density at radius 3 is 2.47 bits per heavy atom. The van der Waals surface area contributed by atoms with Gasteiger partial charge in [-0.15, -0.1) is 0 Å². The molecule has 1 aliphatic rings. The van der Waals surface area contributed by atoms with E-state index in [9.17, 15) is 4.79 Å². The van der Waals surface area contributed by atoms with Crippen molar-refractivity contribution < 1.29 is 24.1 Å². The van der Waals surface area contributed by atoms with Crippen LogP contribution in [0.4, 0.5) is 0 Å². The topological polar surface area (TPSA) is 56.4 Å². The van der Waals surface area contributed by atoms with Crippen molar-refractivity contribution in [2.45, 2.75) is 20.4 Å². The van der Waals surface area contributed by atoms with Crippen molar-refractivity contribution in [1.82, 2.24) is 5.32 Å². The Morgan fingerprint density at radius 1 is 1.00 bits per heavy atom. The van der Waals surface area contributed by atoms with Crippen molar-refractivity contribution in [2.24, 2.45) is 0 Å². The molecular formula is C24H35N3O3+2. The fraction of sp³-hybridized carbons (Fsp3) is 0.458. The maximum absolute atomic E-state index is 12.3. The molecule has 162 valence electrons. The van der Waals surface area contributed by atoms with E-state index in [0.717, 1.165) is 44.2 Å². The van der Waals surface area contributed by atoms with Crippen LogP contribution in [0.5, 0.6) is 11.5 Å². The van der Waals surface area contributed by atoms with E-state index in [2.05, 4.69) is 30.4 Å². The van der Waals surface area contributed by atoms with Crippen LogP contribution in [-0.4, -0.2) is 58.9 Å². The van der Waals surface area contributed by atoms with Crippen LogP contribution in [0.15, 0.2) is 42.5 Å². The molecule has 0 unspecified atom stereocenters. The van der Waals surface area contributed by atoms with Crippen molar-refractivity contribution in [3.63, 3.8) is 0 Å². The van der Waals surface area contributed by atoms with Gasteiger partial charge in [-0.25, -0.2) is 0 Å². The molecule has 2 aromatic rings. The highest BCUT2D eigenvalue weighted by Crippen LogP contribution is 2.18. The number of benzene rings is 2. The number of hydrogen-bond donors (Lipinski definition) is 3. The van der Waals surface area contributed by atoms with Gasteiger partial charge in [0.1, 0.15) is 50.8 Å². The van der Waals surface area contributed by atoms with E-state index in [1.54, 1.807) is 12.0 Å². The summed E-state index contributed by atoms with van der Waals surface area (Å²) in [5, 5.41) is 2.98. The van der Waals surface area contributed by atoms with Gasteiger partial charge in [0.15, 0.2) is 6.54 Å². The Balaban J connectivity index is 1.34. The van der Waals surface area contributed by atoms with Gasteiger partial charge in [-0.05, 0) is 43.7 Å². The first-order valence-electron chi connectivity index (χ1n) is 10.8. The van der Waals surface area contributed by atoms with E-state index < -0.39 is 0 Å². The standard InChI is InChI=1S/C24H33N3O3/c1-19-5-4-6-22(16-19)30-14-9-25-24(28)18-27-12-10-26(11-13-27)17-21-15-20(2)7-8-23(21)29-3/h4-8,15-16H,9-14,17-18H2,1-3H3,(H,25,28)/p+2. The lowest BCUT2D eigenvalue weighted by Gasteiger charge is -2.29. The third-order valence-corrected chi connectivity index (χ3v) is 5.63. The quantitative estimate of drug-likeness (QED) is 0.499. The predicted octanol–water partition coefficient (Wildman–Crippen LogP) is -0.209.